The van der Waals surface area contributed by atoms with Crippen LogP contribution in [0.1, 0.15) is 20.8 Å². The van der Waals surface area contributed by atoms with Crippen molar-refractivity contribution in [3.63, 3.8) is 0 Å². The molecule has 0 aliphatic heterocycles. The summed E-state index contributed by atoms with van der Waals surface area (Å²) in [6.45, 7) is 7.47. The predicted octanol–water partition coefficient (Wildman–Crippen LogP) is 1.48. The Morgan fingerprint density at radius 1 is 0.929 bits per heavy atom. The fourth-order valence-electron chi connectivity index (χ4n) is 1.08. The third-order valence-electron chi connectivity index (χ3n) is 1.46. The Kier molecular flexibility index (Phi) is 8.95. The summed E-state index contributed by atoms with van der Waals surface area (Å²) in [6, 6.07) is 0. The topological polar surface area (TPSA) is 36.9 Å². The minimum absolute atomic E-state index is 0.349. The highest BCUT2D eigenvalue weighted by atomic mass is 32.1. The van der Waals surface area contributed by atoms with Crippen LogP contribution in [0.25, 0.3) is 0 Å². The summed E-state index contributed by atoms with van der Waals surface area (Å²) in [5.74, 6) is 0.349. The van der Waals surface area contributed by atoms with E-state index in [2.05, 4.69) is 12.6 Å². The highest BCUT2D eigenvalue weighted by Gasteiger charge is 2.40. The van der Waals surface area contributed by atoms with Crippen LogP contribution >= 0.6 is 12.6 Å². The molecule has 0 amide bonds. The monoisotopic (exact) mass is 240 g/mol. The number of hydrogen-bond acceptors (Lipinski definition) is 5. The summed E-state index contributed by atoms with van der Waals surface area (Å²) in [7, 11) is -2.59. The number of ether oxygens (including phenoxy) is 1. The molecule has 0 rings (SSSR count). The van der Waals surface area contributed by atoms with E-state index >= 15 is 0 Å². The largest absolute Gasteiger partial charge is 0.528 e. The molecular formula is C8H20O4SSi. The lowest BCUT2D eigenvalue weighted by Crippen LogP contribution is -2.50. The van der Waals surface area contributed by atoms with Crippen molar-refractivity contribution in [1.82, 2.24) is 0 Å². The van der Waals surface area contributed by atoms with E-state index in [1.807, 2.05) is 20.8 Å². The Morgan fingerprint density at radius 3 is 1.64 bits per heavy atom. The van der Waals surface area contributed by atoms with Gasteiger partial charge in [0, 0.05) is 19.8 Å². The maximum absolute atomic E-state index is 5.55. The van der Waals surface area contributed by atoms with Crippen LogP contribution in [0.15, 0.2) is 0 Å². The number of thiol groups is 1. The first kappa shape index (κ1) is 14.4. The normalized spacial score (nSPS) is 12.0. The van der Waals surface area contributed by atoms with E-state index in [4.69, 9.17) is 18.0 Å². The molecule has 0 fully saturated rings. The Bertz CT molecular complexity index is 119. The lowest BCUT2D eigenvalue weighted by atomic mass is 10.9. The minimum atomic E-state index is -2.59. The second-order valence-corrected chi connectivity index (χ2v) is 5.24. The van der Waals surface area contributed by atoms with Crippen molar-refractivity contribution in [2.24, 2.45) is 0 Å². The fourth-order valence-corrected chi connectivity index (χ4v) is 3.52. The highest BCUT2D eigenvalue weighted by molar-refractivity contribution is 7.80. The summed E-state index contributed by atoms with van der Waals surface area (Å²) in [5, 5.41) is 0. The SMILES string of the molecule is CCO[Si](COCS)(OCC)OCC. The van der Waals surface area contributed by atoms with Gasteiger partial charge in [0.25, 0.3) is 0 Å². The average Bonchev–Trinajstić information content (AvgIpc) is 2.16. The molecule has 4 nitrogen and oxygen atoms in total. The van der Waals surface area contributed by atoms with Crippen LogP contribution in [0.5, 0.6) is 0 Å². The van der Waals surface area contributed by atoms with E-state index in [0.717, 1.165) is 0 Å². The summed E-state index contributed by atoms with van der Waals surface area (Å²) in [6.07, 6.45) is 0.367. The quantitative estimate of drug-likeness (QED) is 0.376. The zero-order valence-corrected chi connectivity index (χ0v) is 11.0. The molecule has 0 unspecified atom stereocenters. The van der Waals surface area contributed by atoms with Gasteiger partial charge in [0.15, 0.2) is 0 Å². The number of hydrogen-bond donors (Lipinski definition) is 1. The summed E-state index contributed by atoms with van der Waals surface area (Å²) < 4.78 is 21.9. The molecule has 0 spiro atoms. The molecule has 86 valence electrons. The van der Waals surface area contributed by atoms with Gasteiger partial charge in [0.05, 0.1) is 5.94 Å². The van der Waals surface area contributed by atoms with Gasteiger partial charge in [-0.3, -0.25) is 0 Å². The number of rotatable bonds is 9. The van der Waals surface area contributed by atoms with Gasteiger partial charge in [-0.1, -0.05) is 0 Å². The Hall–Kier alpha value is 0.407. The van der Waals surface area contributed by atoms with E-state index in [1.165, 1.54) is 0 Å². The van der Waals surface area contributed by atoms with Crippen LogP contribution < -0.4 is 0 Å². The summed E-state index contributed by atoms with van der Waals surface area (Å²) >= 11 is 3.97. The van der Waals surface area contributed by atoms with Gasteiger partial charge in [0.2, 0.25) is 0 Å². The average molecular weight is 240 g/mol. The smallest absolute Gasteiger partial charge is 0.372 e. The predicted molar refractivity (Wildman–Crippen MR) is 60.4 cm³/mol. The van der Waals surface area contributed by atoms with Crippen molar-refractivity contribution >= 4 is 21.4 Å². The molecule has 0 aromatic rings. The molecule has 0 saturated heterocycles. The summed E-state index contributed by atoms with van der Waals surface area (Å²) in [4.78, 5) is 0. The second-order valence-electron chi connectivity index (χ2n) is 2.46. The van der Waals surface area contributed by atoms with Crippen LogP contribution in [0.2, 0.25) is 0 Å². The first-order valence-electron chi connectivity index (χ1n) is 4.85. The fraction of sp³-hybridized carbons (Fsp3) is 1.00. The maximum Gasteiger partial charge on any atom is 0.528 e. The van der Waals surface area contributed by atoms with Crippen LogP contribution in [0.3, 0.4) is 0 Å². The van der Waals surface area contributed by atoms with Crippen LogP contribution in [0.4, 0.5) is 0 Å². The van der Waals surface area contributed by atoms with Crippen molar-refractivity contribution in [3.05, 3.63) is 0 Å². The molecule has 0 radical (unpaired) electrons. The molecular weight excluding hydrogens is 220 g/mol. The first-order valence-corrected chi connectivity index (χ1v) is 7.41. The third-order valence-corrected chi connectivity index (χ3v) is 4.39. The summed E-state index contributed by atoms with van der Waals surface area (Å²) in [5.41, 5.74) is 0. The molecule has 0 aliphatic rings. The molecule has 0 aliphatic carbocycles. The molecule has 14 heavy (non-hydrogen) atoms. The van der Waals surface area contributed by atoms with Crippen molar-refractivity contribution < 1.29 is 18.0 Å². The third kappa shape index (κ3) is 5.33. The van der Waals surface area contributed by atoms with Gasteiger partial charge >= 0.3 is 8.80 Å². The van der Waals surface area contributed by atoms with Crippen molar-refractivity contribution in [2.45, 2.75) is 20.8 Å². The lowest BCUT2D eigenvalue weighted by molar-refractivity contribution is 0.0390. The molecule has 0 aromatic carbocycles. The van der Waals surface area contributed by atoms with Gasteiger partial charge in [-0.2, -0.15) is 12.6 Å². The second kappa shape index (κ2) is 8.69. The molecule has 0 N–H and O–H groups in total. The zero-order chi connectivity index (χ0) is 10.9. The van der Waals surface area contributed by atoms with E-state index < -0.39 is 8.80 Å². The molecule has 0 aromatic heterocycles. The van der Waals surface area contributed by atoms with Gasteiger partial charge in [-0.15, -0.1) is 0 Å². The van der Waals surface area contributed by atoms with E-state index in [0.29, 0.717) is 32.0 Å². The van der Waals surface area contributed by atoms with E-state index in [-0.39, 0.29) is 0 Å². The van der Waals surface area contributed by atoms with E-state index in [1.54, 1.807) is 0 Å². The van der Waals surface area contributed by atoms with Crippen LogP contribution in [-0.4, -0.2) is 40.8 Å². The standard InChI is InChI=1S/C8H20O4SSi/c1-4-10-14(11-5-2,12-6-3)8-9-7-13/h13H,4-8H2,1-3H3. The van der Waals surface area contributed by atoms with E-state index in [9.17, 15) is 0 Å². The van der Waals surface area contributed by atoms with Gasteiger partial charge < -0.3 is 18.0 Å². The molecule has 0 heterocycles. The zero-order valence-electron chi connectivity index (χ0n) is 9.12. The minimum Gasteiger partial charge on any atom is -0.372 e. The van der Waals surface area contributed by atoms with Gasteiger partial charge in [0.1, 0.15) is 6.23 Å². The molecule has 6 heteroatoms. The van der Waals surface area contributed by atoms with Crippen LogP contribution in [0, 0.1) is 0 Å². The first-order chi connectivity index (χ1) is 6.74. The Morgan fingerprint density at radius 2 is 1.36 bits per heavy atom. The molecule has 0 saturated carbocycles. The van der Waals surface area contributed by atoms with Crippen molar-refractivity contribution in [1.29, 1.82) is 0 Å². The highest BCUT2D eigenvalue weighted by Crippen LogP contribution is 2.10. The van der Waals surface area contributed by atoms with Crippen LogP contribution in [-0.2, 0) is 18.0 Å². The van der Waals surface area contributed by atoms with Crippen molar-refractivity contribution in [3.8, 4) is 0 Å². The van der Waals surface area contributed by atoms with Crippen molar-refractivity contribution in [2.75, 3.05) is 32.0 Å². The Labute approximate surface area is 92.7 Å². The lowest BCUT2D eigenvalue weighted by Gasteiger charge is -2.27. The Balaban J connectivity index is 4.21. The molecule has 0 atom stereocenters. The maximum atomic E-state index is 5.55. The van der Waals surface area contributed by atoms with Gasteiger partial charge in [-0.25, -0.2) is 0 Å². The van der Waals surface area contributed by atoms with Gasteiger partial charge in [-0.05, 0) is 20.8 Å². The molecule has 0 bridgehead atoms.